The summed E-state index contributed by atoms with van der Waals surface area (Å²) in [7, 11) is 1.60. The van der Waals surface area contributed by atoms with Crippen LogP contribution in [0.1, 0.15) is 54.7 Å². The van der Waals surface area contributed by atoms with Crippen molar-refractivity contribution in [2.75, 3.05) is 20.3 Å². The SMILES string of the molecule is COC[C@]12C[C@H]1[C@@](C)(c1cc(CC(=O)c3cnc(OCC4(C)CC4)cn3)cc(F)c1F)N=C(N)S2. The number of aliphatic imine (C=N–C) groups is 1. The fourth-order valence-electron chi connectivity index (χ4n) is 4.86. The van der Waals surface area contributed by atoms with Gasteiger partial charge >= 0.3 is 0 Å². The molecule has 0 amide bonds. The van der Waals surface area contributed by atoms with Gasteiger partial charge in [-0.2, -0.15) is 0 Å². The van der Waals surface area contributed by atoms with E-state index in [0.717, 1.165) is 25.3 Å². The molecule has 2 aromatic rings. The van der Waals surface area contributed by atoms with Crippen molar-refractivity contribution in [3.8, 4) is 5.88 Å². The summed E-state index contributed by atoms with van der Waals surface area (Å²) in [5.74, 6) is -2.07. The Bertz CT molecular complexity index is 1200. The van der Waals surface area contributed by atoms with Gasteiger partial charge in [-0.1, -0.05) is 18.7 Å². The summed E-state index contributed by atoms with van der Waals surface area (Å²) in [6, 6.07) is 2.56. The van der Waals surface area contributed by atoms with Gasteiger partial charge in [-0.25, -0.2) is 18.7 Å². The largest absolute Gasteiger partial charge is 0.476 e. The lowest BCUT2D eigenvalue weighted by Gasteiger charge is -2.34. The molecule has 1 aromatic heterocycles. The molecule has 0 unspecified atom stereocenters. The maximum absolute atomic E-state index is 15.1. The summed E-state index contributed by atoms with van der Waals surface area (Å²) < 4.78 is 40.5. The van der Waals surface area contributed by atoms with Crippen LogP contribution >= 0.6 is 11.8 Å². The number of methoxy groups -OCH3 is 1. The van der Waals surface area contributed by atoms with E-state index in [0.29, 0.717) is 29.8 Å². The summed E-state index contributed by atoms with van der Waals surface area (Å²) in [4.78, 5) is 25.7. The van der Waals surface area contributed by atoms with Crippen LogP contribution in [0.4, 0.5) is 8.78 Å². The fraction of sp³-hybridized carbons (Fsp3) is 0.520. The zero-order valence-corrected chi connectivity index (χ0v) is 20.8. The summed E-state index contributed by atoms with van der Waals surface area (Å²) in [5, 5.41) is 0.313. The second-order valence-electron chi connectivity index (χ2n) is 10.3. The molecule has 35 heavy (non-hydrogen) atoms. The highest BCUT2D eigenvalue weighted by molar-refractivity contribution is 8.15. The third kappa shape index (κ3) is 4.53. The minimum atomic E-state index is -1.06. The maximum atomic E-state index is 15.1. The maximum Gasteiger partial charge on any atom is 0.232 e. The lowest BCUT2D eigenvalue weighted by molar-refractivity contribution is 0.0987. The molecule has 7 nitrogen and oxygen atoms in total. The van der Waals surface area contributed by atoms with Gasteiger partial charge in [0.25, 0.3) is 0 Å². The number of halogens is 2. The van der Waals surface area contributed by atoms with Crippen molar-refractivity contribution in [3.63, 3.8) is 0 Å². The summed E-state index contributed by atoms with van der Waals surface area (Å²) >= 11 is 1.42. The number of ether oxygens (including phenoxy) is 2. The number of ketones is 1. The molecule has 5 rings (SSSR count). The Hall–Kier alpha value is -2.59. The number of fused-ring (bicyclic) bond motifs is 1. The van der Waals surface area contributed by atoms with E-state index in [2.05, 4.69) is 21.9 Å². The minimum Gasteiger partial charge on any atom is -0.476 e. The van der Waals surface area contributed by atoms with Gasteiger partial charge in [0.1, 0.15) is 5.69 Å². The first-order chi connectivity index (χ1) is 16.6. The Kier molecular flexibility index (Phi) is 5.87. The monoisotopic (exact) mass is 502 g/mol. The summed E-state index contributed by atoms with van der Waals surface area (Å²) in [6.07, 6.45) is 5.57. The molecule has 1 aromatic carbocycles. The number of amidine groups is 1. The van der Waals surface area contributed by atoms with Crippen molar-refractivity contribution in [2.45, 2.75) is 49.8 Å². The number of rotatable bonds is 9. The van der Waals surface area contributed by atoms with E-state index in [4.69, 9.17) is 15.2 Å². The Labute approximate surface area is 206 Å². The van der Waals surface area contributed by atoms with E-state index in [-0.39, 0.29) is 39.5 Å². The van der Waals surface area contributed by atoms with Gasteiger partial charge in [-0.05, 0) is 43.9 Å². The standard InChI is InChI=1S/C25H28F2N4O3S/c1-23(4-5-23)12-34-20-11-29-17(10-30-20)18(32)8-14-6-15(21(27)16(26)7-14)24(2)19-9-25(19,13-33-3)35-22(28)31-24/h6-7,10-11,19H,4-5,8-9,12-13H2,1-3H3,(H2,28,31)/t19-,24+,25+/m0/s1. The van der Waals surface area contributed by atoms with E-state index >= 15 is 4.39 Å². The van der Waals surface area contributed by atoms with E-state index in [1.807, 2.05) is 0 Å². The van der Waals surface area contributed by atoms with Crippen LogP contribution in [-0.2, 0) is 16.7 Å². The van der Waals surface area contributed by atoms with Crippen LogP contribution in [0.5, 0.6) is 5.88 Å². The number of thioether (sulfide) groups is 1. The average molecular weight is 503 g/mol. The summed E-state index contributed by atoms with van der Waals surface area (Å²) in [5.41, 5.74) is 5.78. The van der Waals surface area contributed by atoms with Crippen LogP contribution in [0, 0.1) is 23.0 Å². The molecular weight excluding hydrogens is 474 g/mol. The molecular formula is C25H28F2N4O3S. The zero-order chi connectivity index (χ0) is 25.0. The Balaban J connectivity index is 1.36. The van der Waals surface area contributed by atoms with Gasteiger partial charge in [0.2, 0.25) is 5.88 Å². The van der Waals surface area contributed by atoms with Crippen molar-refractivity contribution >= 4 is 22.7 Å². The lowest BCUT2D eigenvalue weighted by atomic mass is 9.84. The zero-order valence-electron chi connectivity index (χ0n) is 19.9. The van der Waals surface area contributed by atoms with Crippen molar-refractivity contribution in [2.24, 2.45) is 22.1 Å². The highest BCUT2D eigenvalue weighted by Gasteiger charge is 2.66. The van der Waals surface area contributed by atoms with Crippen molar-refractivity contribution in [3.05, 3.63) is 53.0 Å². The number of Topliss-reactive ketones (excluding diaryl/α,β-unsaturated/α-hetero) is 1. The topological polar surface area (TPSA) is 99.7 Å². The molecule has 0 spiro atoms. The summed E-state index contributed by atoms with van der Waals surface area (Å²) in [6.45, 7) is 4.90. The third-order valence-corrected chi connectivity index (χ3v) is 8.60. The van der Waals surface area contributed by atoms with Gasteiger partial charge in [-0.15, -0.1) is 0 Å². The van der Waals surface area contributed by atoms with Gasteiger partial charge in [0, 0.05) is 30.4 Å². The first-order valence-corrected chi connectivity index (χ1v) is 12.4. The molecule has 2 saturated carbocycles. The smallest absolute Gasteiger partial charge is 0.232 e. The molecule has 2 aliphatic carbocycles. The molecule has 186 valence electrons. The minimum absolute atomic E-state index is 0.0663. The Morgan fingerprint density at radius 2 is 1.97 bits per heavy atom. The van der Waals surface area contributed by atoms with Crippen LogP contribution in [0.15, 0.2) is 29.5 Å². The van der Waals surface area contributed by atoms with E-state index < -0.39 is 17.2 Å². The molecule has 2 heterocycles. The van der Waals surface area contributed by atoms with Crippen LogP contribution in [-0.4, -0.2) is 46.0 Å². The highest BCUT2D eigenvalue weighted by atomic mass is 32.2. The van der Waals surface area contributed by atoms with Gasteiger partial charge < -0.3 is 15.2 Å². The first kappa shape index (κ1) is 24.1. The Morgan fingerprint density at radius 1 is 1.20 bits per heavy atom. The molecule has 3 aliphatic rings. The molecule has 0 bridgehead atoms. The van der Waals surface area contributed by atoms with Gasteiger partial charge in [0.05, 0.1) is 35.9 Å². The molecule has 0 radical (unpaired) electrons. The Morgan fingerprint density at radius 3 is 2.63 bits per heavy atom. The van der Waals surface area contributed by atoms with Crippen LogP contribution < -0.4 is 10.5 Å². The average Bonchev–Trinajstić information content (AvgIpc) is 3.72. The van der Waals surface area contributed by atoms with Crippen LogP contribution in [0.3, 0.4) is 0 Å². The fourth-order valence-corrected chi connectivity index (χ4v) is 6.31. The molecule has 2 fully saturated rings. The lowest BCUT2D eigenvalue weighted by Crippen LogP contribution is -2.38. The normalized spacial score (nSPS) is 28.1. The third-order valence-electron chi connectivity index (χ3n) is 7.33. The van der Waals surface area contributed by atoms with Crippen molar-refractivity contribution in [1.82, 2.24) is 9.97 Å². The first-order valence-electron chi connectivity index (χ1n) is 11.6. The number of carbonyl (C=O) groups excluding carboxylic acids is 1. The van der Waals surface area contributed by atoms with E-state index in [9.17, 15) is 9.18 Å². The van der Waals surface area contributed by atoms with Gasteiger partial charge in [0.15, 0.2) is 22.6 Å². The number of hydrogen-bond acceptors (Lipinski definition) is 8. The number of benzene rings is 1. The predicted molar refractivity (Wildman–Crippen MR) is 129 cm³/mol. The quantitative estimate of drug-likeness (QED) is 0.517. The van der Waals surface area contributed by atoms with E-state index in [1.165, 1.54) is 30.2 Å². The van der Waals surface area contributed by atoms with Crippen LogP contribution in [0.2, 0.25) is 0 Å². The van der Waals surface area contributed by atoms with Gasteiger partial charge in [-0.3, -0.25) is 9.79 Å². The van der Waals surface area contributed by atoms with E-state index in [1.54, 1.807) is 14.0 Å². The number of hydrogen-bond donors (Lipinski definition) is 1. The highest BCUT2D eigenvalue weighted by Crippen LogP contribution is 2.66. The molecule has 3 atom stereocenters. The second-order valence-corrected chi connectivity index (χ2v) is 11.8. The molecule has 2 N–H and O–H groups in total. The predicted octanol–water partition coefficient (Wildman–Crippen LogP) is 4.04. The molecule has 0 saturated heterocycles. The second kappa shape index (κ2) is 8.51. The number of aromatic nitrogens is 2. The number of nitrogens with two attached hydrogens (primary N) is 1. The number of nitrogens with zero attached hydrogens (tertiary/aromatic N) is 3. The van der Waals surface area contributed by atoms with Crippen molar-refractivity contribution < 1.29 is 23.0 Å². The molecule has 1 aliphatic heterocycles. The molecule has 10 heteroatoms. The number of carbonyl (C=O) groups is 1. The van der Waals surface area contributed by atoms with Crippen molar-refractivity contribution in [1.29, 1.82) is 0 Å². The van der Waals surface area contributed by atoms with Crippen LogP contribution in [0.25, 0.3) is 0 Å².